The molecule has 0 unspecified atom stereocenters. The van der Waals surface area contributed by atoms with Gasteiger partial charge in [0.1, 0.15) is 22.2 Å². The highest BCUT2D eigenvalue weighted by atomic mass is 35.5. The van der Waals surface area contributed by atoms with Crippen LogP contribution in [-0.2, 0) is 35.0 Å². The van der Waals surface area contributed by atoms with E-state index in [9.17, 15) is 27.6 Å². The highest BCUT2D eigenvalue weighted by Gasteiger charge is 2.45. The minimum absolute atomic E-state index is 0.0355. The summed E-state index contributed by atoms with van der Waals surface area (Å²) in [5.41, 5.74) is -1.06. The Kier molecular flexibility index (Phi) is 15.5. The van der Waals surface area contributed by atoms with Crippen molar-refractivity contribution in [3.05, 3.63) is 47.1 Å². The van der Waals surface area contributed by atoms with Gasteiger partial charge in [-0.05, 0) is 104 Å². The second-order valence-electron chi connectivity index (χ2n) is 17.6. The number of piperazine rings is 1. The standard InChI is InChI=1S/C41H59ClF2N8O8S/c1-39(2,3)59-37(55)47-18-16-45-15-17-46-36(54)27-7-9-28(10-8-27)41(43,44)29-23-33(42)49-34(24-29)50-19-21-51(22-20-50)61(57,58)32-13-11-31(12-14-32)52-26-30(25-35(52)53)48-38(56)60-40(4,5)6/h11-14,23-24,27-28,30,45H,7-10,15-22,25-26H2,1-6H3,(H,46,54)(H,47,55)(H,48,56)/t27?,28?,30-/m1/s1. The lowest BCUT2D eigenvalue weighted by atomic mass is 9.77. The molecule has 1 aromatic carbocycles. The third kappa shape index (κ3) is 13.3. The van der Waals surface area contributed by atoms with E-state index in [1.54, 1.807) is 58.6 Å². The number of halogens is 3. The maximum absolute atomic E-state index is 16.1. The molecule has 3 heterocycles. The van der Waals surface area contributed by atoms with Gasteiger partial charge in [-0.3, -0.25) is 9.59 Å². The molecule has 1 saturated carbocycles. The van der Waals surface area contributed by atoms with E-state index < -0.39 is 51.3 Å². The summed E-state index contributed by atoms with van der Waals surface area (Å²) in [7, 11) is -3.93. The Morgan fingerprint density at radius 3 is 2.03 bits per heavy atom. The number of amides is 4. The van der Waals surface area contributed by atoms with Crippen molar-refractivity contribution in [2.24, 2.45) is 11.8 Å². The molecule has 5 rings (SSSR count). The topological polar surface area (TPSA) is 192 Å². The number of alkyl halides is 2. The van der Waals surface area contributed by atoms with Crippen molar-refractivity contribution in [2.45, 2.75) is 102 Å². The molecule has 20 heteroatoms. The Bertz CT molecular complexity index is 1980. The van der Waals surface area contributed by atoms with Crippen molar-refractivity contribution >= 4 is 57.1 Å². The fourth-order valence-electron chi connectivity index (χ4n) is 7.53. The van der Waals surface area contributed by atoms with E-state index in [1.807, 2.05) is 0 Å². The molecule has 0 spiro atoms. The SMILES string of the molecule is CC(C)(C)OC(=O)NCCNCCNC(=O)C1CCC(C(F)(F)c2cc(Cl)nc(N3CCN(S(=O)(=O)c4ccc(N5C[C@H](NC(=O)OC(C)(C)C)CC5=O)cc4)CC3)c2)CC1. The first kappa shape index (κ1) is 47.7. The van der Waals surface area contributed by atoms with Crippen LogP contribution in [0.1, 0.15) is 79.2 Å². The number of hydrogen-bond acceptors (Lipinski definition) is 11. The number of hydrogen-bond donors (Lipinski definition) is 4. The minimum Gasteiger partial charge on any atom is -0.444 e. The van der Waals surface area contributed by atoms with Crippen LogP contribution in [0.25, 0.3) is 0 Å². The summed E-state index contributed by atoms with van der Waals surface area (Å²) in [6, 6.07) is 7.98. The molecule has 16 nitrogen and oxygen atoms in total. The molecule has 1 aromatic heterocycles. The minimum atomic E-state index is -3.93. The molecular weight excluding hydrogens is 838 g/mol. The van der Waals surface area contributed by atoms with Gasteiger partial charge in [0.2, 0.25) is 21.8 Å². The van der Waals surface area contributed by atoms with Gasteiger partial charge >= 0.3 is 12.2 Å². The van der Waals surface area contributed by atoms with Crippen LogP contribution in [0.15, 0.2) is 41.3 Å². The smallest absolute Gasteiger partial charge is 0.407 e. The van der Waals surface area contributed by atoms with Crippen LogP contribution in [0, 0.1) is 11.8 Å². The first-order chi connectivity index (χ1) is 28.5. The van der Waals surface area contributed by atoms with Gasteiger partial charge < -0.3 is 40.5 Å². The quantitative estimate of drug-likeness (QED) is 0.147. The highest BCUT2D eigenvalue weighted by Crippen LogP contribution is 2.46. The van der Waals surface area contributed by atoms with E-state index in [-0.39, 0.29) is 91.1 Å². The fourth-order valence-corrected chi connectivity index (χ4v) is 9.16. The van der Waals surface area contributed by atoms with Gasteiger partial charge in [0.15, 0.2) is 0 Å². The fraction of sp³-hybridized carbons (Fsp3) is 0.634. The maximum Gasteiger partial charge on any atom is 0.407 e. The average Bonchev–Trinajstić information content (AvgIpc) is 3.54. The number of sulfonamides is 1. The summed E-state index contributed by atoms with van der Waals surface area (Å²) in [6.45, 7) is 12.9. The summed E-state index contributed by atoms with van der Waals surface area (Å²) in [5.74, 6) is -4.80. The van der Waals surface area contributed by atoms with Gasteiger partial charge in [-0.2, -0.15) is 4.31 Å². The first-order valence-corrected chi connectivity index (χ1v) is 22.5. The zero-order chi connectivity index (χ0) is 44.8. The molecule has 0 bridgehead atoms. The van der Waals surface area contributed by atoms with Gasteiger partial charge in [-0.25, -0.2) is 31.8 Å². The van der Waals surface area contributed by atoms with Crippen LogP contribution in [0.4, 0.5) is 29.9 Å². The Hall–Kier alpha value is -4.33. The number of benzene rings is 1. The predicted molar refractivity (Wildman–Crippen MR) is 226 cm³/mol. The van der Waals surface area contributed by atoms with Crippen LogP contribution >= 0.6 is 11.6 Å². The van der Waals surface area contributed by atoms with Gasteiger partial charge in [0, 0.05) is 88.4 Å². The van der Waals surface area contributed by atoms with E-state index in [0.717, 1.165) is 6.07 Å². The molecule has 61 heavy (non-hydrogen) atoms. The van der Waals surface area contributed by atoms with Crippen molar-refractivity contribution in [3.63, 3.8) is 0 Å². The molecule has 4 N–H and O–H groups in total. The summed E-state index contributed by atoms with van der Waals surface area (Å²) in [5, 5.41) is 11.2. The van der Waals surface area contributed by atoms with Gasteiger partial charge in [-0.1, -0.05) is 11.6 Å². The second-order valence-corrected chi connectivity index (χ2v) is 19.9. The van der Waals surface area contributed by atoms with Crippen LogP contribution < -0.4 is 31.1 Å². The molecule has 2 saturated heterocycles. The number of nitrogens with zero attached hydrogens (tertiary/aromatic N) is 4. The monoisotopic (exact) mass is 896 g/mol. The molecule has 0 radical (unpaired) electrons. The van der Waals surface area contributed by atoms with Crippen LogP contribution in [-0.4, -0.2) is 118 Å². The largest absolute Gasteiger partial charge is 0.444 e. The number of alkyl carbamates (subject to hydrolysis) is 2. The number of rotatable bonds is 14. The first-order valence-electron chi connectivity index (χ1n) is 20.7. The molecule has 3 fully saturated rings. The third-order valence-electron chi connectivity index (χ3n) is 10.5. The van der Waals surface area contributed by atoms with Crippen LogP contribution in [0.2, 0.25) is 5.15 Å². The van der Waals surface area contributed by atoms with Crippen molar-refractivity contribution in [1.82, 2.24) is 30.6 Å². The van der Waals surface area contributed by atoms with Crippen molar-refractivity contribution in [2.75, 3.05) is 68.7 Å². The van der Waals surface area contributed by atoms with Crippen LogP contribution in [0.5, 0.6) is 0 Å². The van der Waals surface area contributed by atoms with E-state index in [0.29, 0.717) is 44.7 Å². The van der Waals surface area contributed by atoms with E-state index in [1.165, 1.54) is 27.4 Å². The third-order valence-corrected chi connectivity index (χ3v) is 12.6. The predicted octanol–water partition coefficient (Wildman–Crippen LogP) is 5.00. The second kappa shape index (κ2) is 19.8. The van der Waals surface area contributed by atoms with Gasteiger partial charge in [-0.15, -0.1) is 0 Å². The number of ether oxygens (including phenoxy) is 2. The summed E-state index contributed by atoms with van der Waals surface area (Å²) in [4.78, 5) is 57.0. The van der Waals surface area contributed by atoms with Gasteiger partial charge in [0.05, 0.1) is 10.9 Å². The zero-order valence-electron chi connectivity index (χ0n) is 35.7. The zero-order valence-corrected chi connectivity index (χ0v) is 37.3. The normalized spacial score (nSPS) is 20.6. The Balaban J connectivity index is 1.08. The lowest BCUT2D eigenvalue weighted by molar-refractivity contribution is -0.129. The summed E-state index contributed by atoms with van der Waals surface area (Å²) in [6.07, 6.45) is -0.134. The van der Waals surface area contributed by atoms with E-state index in [2.05, 4.69) is 26.3 Å². The summed E-state index contributed by atoms with van der Waals surface area (Å²) < 4.78 is 71.2. The van der Waals surface area contributed by atoms with Crippen molar-refractivity contribution in [1.29, 1.82) is 0 Å². The molecule has 3 aliphatic rings. The number of carbonyl (C=O) groups is 4. The van der Waals surface area contributed by atoms with Crippen LogP contribution in [0.3, 0.4) is 0 Å². The highest BCUT2D eigenvalue weighted by molar-refractivity contribution is 7.89. The molecule has 1 atom stereocenters. The molecule has 1 aliphatic carbocycles. The molecule has 338 valence electrons. The molecule has 2 aliphatic heterocycles. The average molecular weight is 897 g/mol. The number of anilines is 2. The summed E-state index contributed by atoms with van der Waals surface area (Å²) >= 11 is 6.30. The number of pyridine rings is 1. The molecular formula is C41H59ClF2N8O8S. The maximum atomic E-state index is 16.1. The Morgan fingerprint density at radius 2 is 1.43 bits per heavy atom. The Morgan fingerprint density at radius 1 is 0.836 bits per heavy atom. The van der Waals surface area contributed by atoms with Crippen molar-refractivity contribution in [3.8, 4) is 0 Å². The number of nitrogens with one attached hydrogen (secondary N) is 4. The van der Waals surface area contributed by atoms with Gasteiger partial charge in [0.25, 0.3) is 5.92 Å². The lowest BCUT2D eigenvalue weighted by Crippen LogP contribution is -2.49. The molecule has 4 amide bonds. The lowest BCUT2D eigenvalue weighted by Gasteiger charge is -2.36. The van der Waals surface area contributed by atoms with Crippen molar-refractivity contribution < 1.29 is 45.9 Å². The number of carbonyl (C=O) groups excluding carboxylic acids is 4. The van der Waals surface area contributed by atoms with E-state index in [4.69, 9.17) is 21.1 Å². The number of aromatic nitrogens is 1. The molecule has 2 aromatic rings. The van der Waals surface area contributed by atoms with E-state index >= 15 is 8.78 Å². The Labute approximate surface area is 361 Å².